The maximum atomic E-state index is 6.19. The lowest BCUT2D eigenvalue weighted by atomic mass is 10.0. The molecule has 88 valence electrons. The second-order valence-electron chi connectivity index (χ2n) is 3.61. The van der Waals surface area contributed by atoms with Crippen LogP contribution in [0.1, 0.15) is 31.4 Å². The zero-order valence-corrected chi connectivity index (χ0v) is 11.0. The average Bonchev–Trinajstić information content (AvgIpc) is 2.25. The van der Waals surface area contributed by atoms with Crippen molar-refractivity contribution in [3.63, 3.8) is 0 Å². The van der Waals surface area contributed by atoms with E-state index < -0.39 is 0 Å². The number of hydrogen-bond donors (Lipinski definition) is 1. The topological polar surface area (TPSA) is 12.0 Å². The van der Waals surface area contributed by atoms with Gasteiger partial charge in [-0.25, -0.2) is 0 Å². The minimum atomic E-state index is 0.198. The second kappa shape index (κ2) is 6.95. The molecule has 0 aliphatic heterocycles. The minimum Gasteiger partial charge on any atom is -0.310 e. The van der Waals surface area contributed by atoms with E-state index in [0.717, 1.165) is 35.0 Å². The van der Waals surface area contributed by atoms with E-state index in [-0.39, 0.29) is 6.04 Å². The maximum absolute atomic E-state index is 6.19. The van der Waals surface area contributed by atoms with Gasteiger partial charge in [0, 0.05) is 21.7 Å². The number of rotatable bonds is 6. The third-order valence-corrected chi connectivity index (χ3v) is 3.12. The van der Waals surface area contributed by atoms with Crippen LogP contribution in [0.3, 0.4) is 0 Å². The maximum Gasteiger partial charge on any atom is 0.0468 e. The van der Waals surface area contributed by atoms with Crippen LogP contribution in [0.25, 0.3) is 0 Å². The number of halogens is 2. The van der Waals surface area contributed by atoms with E-state index in [0.29, 0.717) is 0 Å². The SMILES string of the molecule is C=CCCC(NCC)c1c(Cl)cccc1Cl. The molecule has 0 amide bonds. The first-order valence-electron chi connectivity index (χ1n) is 5.48. The summed E-state index contributed by atoms with van der Waals surface area (Å²) < 4.78 is 0. The standard InChI is InChI=1S/C13H17Cl2N/c1-3-5-9-12(16-4-2)13-10(14)7-6-8-11(13)15/h3,6-8,12,16H,1,4-5,9H2,2H3. The van der Waals surface area contributed by atoms with Crippen LogP contribution in [-0.2, 0) is 0 Å². The summed E-state index contributed by atoms with van der Waals surface area (Å²) in [6, 6.07) is 5.82. The fourth-order valence-corrected chi connectivity index (χ4v) is 2.38. The van der Waals surface area contributed by atoms with Crippen molar-refractivity contribution in [1.29, 1.82) is 0 Å². The van der Waals surface area contributed by atoms with Crippen LogP contribution in [0, 0.1) is 0 Å². The summed E-state index contributed by atoms with van der Waals surface area (Å²) in [4.78, 5) is 0. The summed E-state index contributed by atoms with van der Waals surface area (Å²) >= 11 is 12.4. The lowest BCUT2D eigenvalue weighted by molar-refractivity contribution is 0.520. The Balaban J connectivity index is 2.94. The largest absolute Gasteiger partial charge is 0.310 e. The van der Waals surface area contributed by atoms with Gasteiger partial charge in [-0.1, -0.05) is 42.3 Å². The van der Waals surface area contributed by atoms with Gasteiger partial charge in [-0.05, 0) is 31.5 Å². The van der Waals surface area contributed by atoms with Crippen LogP contribution in [-0.4, -0.2) is 6.54 Å². The molecule has 1 aromatic carbocycles. The first-order chi connectivity index (χ1) is 7.70. The van der Waals surface area contributed by atoms with Gasteiger partial charge in [0.05, 0.1) is 0 Å². The molecule has 0 saturated heterocycles. The highest BCUT2D eigenvalue weighted by Gasteiger charge is 2.16. The molecule has 1 aromatic rings. The molecule has 16 heavy (non-hydrogen) atoms. The van der Waals surface area contributed by atoms with Crippen LogP contribution in [0.15, 0.2) is 30.9 Å². The molecule has 0 heterocycles. The highest BCUT2D eigenvalue weighted by Crippen LogP contribution is 2.32. The lowest BCUT2D eigenvalue weighted by Gasteiger charge is -2.20. The third-order valence-electron chi connectivity index (χ3n) is 2.46. The summed E-state index contributed by atoms with van der Waals surface area (Å²) in [5.74, 6) is 0. The van der Waals surface area contributed by atoms with Gasteiger partial charge in [0.25, 0.3) is 0 Å². The summed E-state index contributed by atoms with van der Waals surface area (Å²) in [6.45, 7) is 6.70. The van der Waals surface area contributed by atoms with E-state index in [1.54, 1.807) is 0 Å². The van der Waals surface area contributed by atoms with Crippen LogP contribution in [0.2, 0.25) is 10.0 Å². The molecular formula is C13H17Cl2N. The van der Waals surface area contributed by atoms with Gasteiger partial charge < -0.3 is 5.32 Å². The van der Waals surface area contributed by atoms with Crippen LogP contribution in [0.5, 0.6) is 0 Å². The van der Waals surface area contributed by atoms with E-state index in [4.69, 9.17) is 23.2 Å². The van der Waals surface area contributed by atoms with Gasteiger partial charge in [-0.3, -0.25) is 0 Å². The average molecular weight is 258 g/mol. The van der Waals surface area contributed by atoms with Crippen molar-refractivity contribution in [3.05, 3.63) is 46.5 Å². The monoisotopic (exact) mass is 257 g/mol. The van der Waals surface area contributed by atoms with Crippen molar-refractivity contribution in [1.82, 2.24) is 5.32 Å². The number of benzene rings is 1. The molecule has 1 unspecified atom stereocenters. The molecular weight excluding hydrogens is 241 g/mol. The molecule has 0 radical (unpaired) electrons. The molecule has 1 atom stereocenters. The fourth-order valence-electron chi connectivity index (χ4n) is 1.72. The Morgan fingerprint density at radius 3 is 2.50 bits per heavy atom. The van der Waals surface area contributed by atoms with Crippen molar-refractivity contribution in [3.8, 4) is 0 Å². The molecule has 0 bridgehead atoms. The molecule has 0 spiro atoms. The molecule has 0 fully saturated rings. The zero-order valence-electron chi connectivity index (χ0n) is 9.47. The van der Waals surface area contributed by atoms with E-state index in [1.165, 1.54) is 0 Å². The Hall–Kier alpha value is -0.500. The normalized spacial score (nSPS) is 12.4. The molecule has 0 aliphatic rings. The van der Waals surface area contributed by atoms with Crippen LogP contribution >= 0.6 is 23.2 Å². The zero-order chi connectivity index (χ0) is 12.0. The first-order valence-corrected chi connectivity index (χ1v) is 6.24. The number of hydrogen-bond acceptors (Lipinski definition) is 1. The highest BCUT2D eigenvalue weighted by atomic mass is 35.5. The Morgan fingerprint density at radius 1 is 1.38 bits per heavy atom. The van der Waals surface area contributed by atoms with Crippen molar-refractivity contribution in [2.75, 3.05) is 6.54 Å². The molecule has 0 aromatic heterocycles. The van der Waals surface area contributed by atoms with Gasteiger partial charge >= 0.3 is 0 Å². The summed E-state index contributed by atoms with van der Waals surface area (Å²) in [5.41, 5.74) is 0.995. The smallest absolute Gasteiger partial charge is 0.0468 e. The van der Waals surface area contributed by atoms with Gasteiger partial charge in [0.1, 0.15) is 0 Å². The van der Waals surface area contributed by atoms with Crippen molar-refractivity contribution in [2.45, 2.75) is 25.8 Å². The van der Waals surface area contributed by atoms with Crippen LogP contribution in [0.4, 0.5) is 0 Å². The van der Waals surface area contributed by atoms with Gasteiger partial charge in [-0.15, -0.1) is 6.58 Å². The summed E-state index contributed by atoms with van der Waals surface area (Å²) in [6.07, 6.45) is 3.81. The second-order valence-corrected chi connectivity index (χ2v) is 4.43. The minimum absolute atomic E-state index is 0.198. The molecule has 1 rings (SSSR count). The van der Waals surface area contributed by atoms with Crippen molar-refractivity contribution in [2.24, 2.45) is 0 Å². The quantitative estimate of drug-likeness (QED) is 0.734. The van der Waals surface area contributed by atoms with E-state index in [1.807, 2.05) is 24.3 Å². The third kappa shape index (κ3) is 3.51. The van der Waals surface area contributed by atoms with Crippen molar-refractivity contribution >= 4 is 23.2 Å². The van der Waals surface area contributed by atoms with E-state index in [9.17, 15) is 0 Å². The summed E-state index contributed by atoms with van der Waals surface area (Å²) in [7, 11) is 0. The Bertz CT molecular complexity index is 330. The van der Waals surface area contributed by atoms with E-state index in [2.05, 4.69) is 18.8 Å². The molecule has 0 saturated carbocycles. The molecule has 1 nitrogen and oxygen atoms in total. The molecule has 3 heteroatoms. The van der Waals surface area contributed by atoms with E-state index >= 15 is 0 Å². The summed E-state index contributed by atoms with van der Waals surface area (Å²) in [5, 5.41) is 4.85. The first kappa shape index (κ1) is 13.6. The Kier molecular flexibility index (Phi) is 5.89. The Morgan fingerprint density at radius 2 is 2.00 bits per heavy atom. The highest BCUT2D eigenvalue weighted by molar-refractivity contribution is 6.36. The van der Waals surface area contributed by atoms with Gasteiger partial charge in [-0.2, -0.15) is 0 Å². The number of nitrogens with one attached hydrogen (secondary N) is 1. The van der Waals surface area contributed by atoms with Gasteiger partial charge in [0.15, 0.2) is 0 Å². The predicted molar refractivity (Wildman–Crippen MR) is 72.3 cm³/mol. The predicted octanol–water partition coefficient (Wildman–Crippen LogP) is 4.61. The van der Waals surface area contributed by atoms with Crippen LogP contribution < -0.4 is 5.32 Å². The fraction of sp³-hybridized carbons (Fsp3) is 0.385. The number of allylic oxidation sites excluding steroid dienone is 1. The van der Waals surface area contributed by atoms with Crippen molar-refractivity contribution < 1.29 is 0 Å². The lowest BCUT2D eigenvalue weighted by Crippen LogP contribution is -2.21. The van der Waals surface area contributed by atoms with Gasteiger partial charge in [0.2, 0.25) is 0 Å². The molecule has 0 aliphatic carbocycles. The Labute approximate surface area is 107 Å². The molecule has 1 N–H and O–H groups in total.